The minimum Gasteiger partial charge on any atom is -0.383 e. The summed E-state index contributed by atoms with van der Waals surface area (Å²) in [5.41, 5.74) is 2.46. The first-order chi connectivity index (χ1) is 9.63. The molecule has 0 saturated heterocycles. The maximum atomic E-state index is 5.17. The van der Waals surface area contributed by atoms with E-state index in [0.717, 1.165) is 24.1 Å². The number of methoxy groups -OCH3 is 1. The lowest BCUT2D eigenvalue weighted by Gasteiger charge is -2.24. The van der Waals surface area contributed by atoms with Crippen LogP contribution in [0, 0.1) is 0 Å². The first kappa shape index (κ1) is 17.2. The van der Waals surface area contributed by atoms with E-state index in [9.17, 15) is 0 Å². The summed E-state index contributed by atoms with van der Waals surface area (Å²) in [6, 6.07) is 6.85. The Kier molecular flexibility index (Phi) is 7.88. The summed E-state index contributed by atoms with van der Waals surface area (Å²) in [4.78, 5) is 2.25. The van der Waals surface area contributed by atoms with Crippen LogP contribution in [0.25, 0.3) is 0 Å². The predicted octanol–water partition coefficient (Wildman–Crippen LogP) is 3.76. The molecule has 0 amide bonds. The third-order valence-corrected chi connectivity index (χ3v) is 3.93. The Labute approximate surface area is 131 Å². The largest absolute Gasteiger partial charge is 0.383 e. The number of halogens is 1. The first-order valence-corrected chi connectivity index (χ1v) is 7.80. The summed E-state index contributed by atoms with van der Waals surface area (Å²) < 4.78 is 6.30. The summed E-state index contributed by atoms with van der Waals surface area (Å²) >= 11 is 3.68. The second kappa shape index (κ2) is 9.16. The Morgan fingerprint density at radius 1 is 1.50 bits per heavy atom. The fraction of sp³-hybridized carbons (Fsp3) is 0.500. The molecule has 112 valence electrons. The van der Waals surface area contributed by atoms with Crippen LogP contribution in [0.15, 0.2) is 35.3 Å². The summed E-state index contributed by atoms with van der Waals surface area (Å²) in [5.74, 6) is 0. The summed E-state index contributed by atoms with van der Waals surface area (Å²) in [6.07, 6.45) is 1.92. The van der Waals surface area contributed by atoms with E-state index in [2.05, 4.69) is 64.8 Å². The van der Waals surface area contributed by atoms with Crippen LogP contribution in [0.2, 0.25) is 0 Å². The Morgan fingerprint density at radius 2 is 2.25 bits per heavy atom. The second-order valence-corrected chi connectivity index (χ2v) is 5.57. The topological polar surface area (TPSA) is 24.5 Å². The molecule has 1 unspecified atom stereocenters. The van der Waals surface area contributed by atoms with Gasteiger partial charge in [0, 0.05) is 36.4 Å². The molecule has 20 heavy (non-hydrogen) atoms. The molecular formula is C16H25BrN2O. The third-order valence-electron chi connectivity index (χ3n) is 3.24. The normalized spacial score (nSPS) is 12.2. The van der Waals surface area contributed by atoms with Crippen LogP contribution in [0.5, 0.6) is 0 Å². The van der Waals surface area contributed by atoms with E-state index in [0.29, 0.717) is 12.6 Å². The van der Waals surface area contributed by atoms with Crippen LogP contribution >= 0.6 is 15.9 Å². The molecule has 1 rings (SSSR count). The van der Waals surface area contributed by atoms with Gasteiger partial charge in [-0.3, -0.25) is 0 Å². The van der Waals surface area contributed by atoms with Crippen molar-refractivity contribution in [2.45, 2.75) is 19.9 Å². The fourth-order valence-corrected chi connectivity index (χ4v) is 2.87. The average molecular weight is 341 g/mol. The molecule has 0 aliphatic heterocycles. The van der Waals surface area contributed by atoms with Crippen molar-refractivity contribution in [2.24, 2.45) is 0 Å². The lowest BCUT2D eigenvalue weighted by molar-refractivity contribution is 0.206. The van der Waals surface area contributed by atoms with Crippen LogP contribution in [0.1, 0.15) is 25.5 Å². The molecule has 1 aromatic carbocycles. The van der Waals surface area contributed by atoms with E-state index in [1.165, 1.54) is 11.3 Å². The van der Waals surface area contributed by atoms with Crippen LogP contribution in [-0.4, -0.2) is 33.4 Å². The molecule has 1 aromatic rings. The van der Waals surface area contributed by atoms with Crippen molar-refractivity contribution in [3.8, 4) is 0 Å². The van der Waals surface area contributed by atoms with Crippen molar-refractivity contribution >= 4 is 21.6 Å². The van der Waals surface area contributed by atoms with Crippen LogP contribution in [0.3, 0.4) is 0 Å². The fourth-order valence-electron chi connectivity index (χ4n) is 2.16. The molecule has 1 atom stereocenters. The van der Waals surface area contributed by atoms with Gasteiger partial charge in [-0.15, -0.1) is 6.58 Å². The van der Waals surface area contributed by atoms with Crippen molar-refractivity contribution in [2.75, 3.05) is 38.3 Å². The summed E-state index contributed by atoms with van der Waals surface area (Å²) in [7, 11) is 1.73. The SMILES string of the molecule is C=CCN(CCOC)c1ccc(C(C)NCC)c(Br)c1. The number of ether oxygens (including phenoxy) is 1. The molecule has 3 nitrogen and oxygen atoms in total. The van der Waals surface area contributed by atoms with Gasteiger partial charge in [-0.25, -0.2) is 0 Å². The maximum Gasteiger partial charge on any atom is 0.0637 e. The molecule has 1 N–H and O–H groups in total. The minimum absolute atomic E-state index is 0.343. The van der Waals surface area contributed by atoms with Crippen molar-refractivity contribution in [3.05, 3.63) is 40.9 Å². The standard InChI is InChI=1S/C16H25BrN2O/c1-5-9-19(10-11-20-4)14-7-8-15(16(17)12-14)13(3)18-6-2/h5,7-8,12-13,18H,1,6,9-11H2,2-4H3. The molecule has 0 radical (unpaired) electrons. The third kappa shape index (κ3) is 4.93. The monoisotopic (exact) mass is 340 g/mol. The summed E-state index contributed by atoms with van der Waals surface area (Å²) in [5, 5.41) is 3.43. The minimum atomic E-state index is 0.343. The smallest absolute Gasteiger partial charge is 0.0637 e. The van der Waals surface area contributed by atoms with Crippen molar-refractivity contribution in [3.63, 3.8) is 0 Å². The quantitative estimate of drug-likeness (QED) is 0.692. The number of benzene rings is 1. The number of anilines is 1. The van der Waals surface area contributed by atoms with Gasteiger partial charge in [-0.1, -0.05) is 35.0 Å². The number of nitrogens with one attached hydrogen (secondary N) is 1. The highest BCUT2D eigenvalue weighted by Gasteiger charge is 2.11. The van der Waals surface area contributed by atoms with E-state index < -0.39 is 0 Å². The van der Waals surface area contributed by atoms with E-state index in [1.54, 1.807) is 7.11 Å². The first-order valence-electron chi connectivity index (χ1n) is 7.01. The molecule has 0 bridgehead atoms. The van der Waals surface area contributed by atoms with Crippen LogP contribution in [0.4, 0.5) is 5.69 Å². The summed E-state index contributed by atoms with van der Waals surface area (Å²) in [6.45, 7) is 11.5. The van der Waals surface area contributed by atoms with Gasteiger partial charge in [-0.05, 0) is 31.2 Å². The van der Waals surface area contributed by atoms with Gasteiger partial charge in [0.25, 0.3) is 0 Å². The van der Waals surface area contributed by atoms with E-state index in [4.69, 9.17) is 4.74 Å². The van der Waals surface area contributed by atoms with Gasteiger partial charge in [-0.2, -0.15) is 0 Å². The lowest BCUT2D eigenvalue weighted by Crippen LogP contribution is -2.27. The molecular weight excluding hydrogens is 316 g/mol. The van der Waals surface area contributed by atoms with E-state index in [1.807, 2.05) is 6.08 Å². The van der Waals surface area contributed by atoms with Crippen LogP contribution in [-0.2, 0) is 4.74 Å². The maximum absolute atomic E-state index is 5.17. The Hall–Kier alpha value is -0.840. The van der Waals surface area contributed by atoms with Gasteiger partial charge in [0.15, 0.2) is 0 Å². The van der Waals surface area contributed by atoms with Gasteiger partial charge in [0.2, 0.25) is 0 Å². The van der Waals surface area contributed by atoms with E-state index >= 15 is 0 Å². The van der Waals surface area contributed by atoms with E-state index in [-0.39, 0.29) is 0 Å². The Morgan fingerprint density at radius 3 is 2.80 bits per heavy atom. The molecule has 4 heteroatoms. The van der Waals surface area contributed by atoms with Gasteiger partial charge in [0.05, 0.1) is 6.61 Å². The van der Waals surface area contributed by atoms with Crippen molar-refractivity contribution < 1.29 is 4.74 Å². The van der Waals surface area contributed by atoms with Crippen LogP contribution < -0.4 is 10.2 Å². The lowest BCUT2D eigenvalue weighted by atomic mass is 10.1. The second-order valence-electron chi connectivity index (χ2n) is 4.71. The molecule has 0 fully saturated rings. The highest BCUT2D eigenvalue weighted by molar-refractivity contribution is 9.10. The molecule has 0 heterocycles. The Balaban J connectivity index is 2.90. The highest BCUT2D eigenvalue weighted by Crippen LogP contribution is 2.28. The van der Waals surface area contributed by atoms with Gasteiger partial charge in [0.1, 0.15) is 0 Å². The van der Waals surface area contributed by atoms with Gasteiger partial charge >= 0.3 is 0 Å². The number of nitrogens with zero attached hydrogens (tertiary/aromatic N) is 1. The zero-order valence-electron chi connectivity index (χ0n) is 12.7. The molecule has 0 aliphatic carbocycles. The zero-order valence-corrected chi connectivity index (χ0v) is 14.2. The number of rotatable bonds is 9. The Bertz CT molecular complexity index is 423. The molecule has 0 spiro atoms. The van der Waals surface area contributed by atoms with Crippen molar-refractivity contribution in [1.82, 2.24) is 5.32 Å². The molecule has 0 saturated carbocycles. The molecule has 0 aromatic heterocycles. The van der Waals surface area contributed by atoms with Gasteiger partial charge < -0.3 is 15.0 Å². The highest BCUT2D eigenvalue weighted by atomic mass is 79.9. The zero-order chi connectivity index (χ0) is 15.0. The number of hydrogen-bond acceptors (Lipinski definition) is 3. The number of hydrogen-bond donors (Lipinski definition) is 1. The van der Waals surface area contributed by atoms with Crippen molar-refractivity contribution in [1.29, 1.82) is 0 Å². The average Bonchev–Trinajstić information content (AvgIpc) is 2.43. The molecule has 0 aliphatic rings. The predicted molar refractivity (Wildman–Crippen MR) is 90.5 cm³/mol.